The van der Waals surface area contributed by atoms with Crippen molar-refractivity contribution in [3.05, 3.63) is 72.4 Å². The molecule has 1 amide bonds. The zero-order valence-electron chi connectivity index (χ0n) is 18.7. The maximum Gasteiger partial charge on any atom is 0.262 e. The number of pyridine rings is 2. The van der Waals surface area contributed by atoms with Gasteiger partial charge in [0.25, 0.3) is 5.91 Å². The summed E-state index contributed by atoms with van der Waals surface area (Å²) in [7, 11) is 1.64. The van der Waals surface area contributed by atoms with E-state index in [-0.39, 0.29) is 18.2 Å². The molecule has 0 bridgehead atoms. The predicted octanol–water partition coefficient (Wildman–Crippen LogP) is 2.81. The quantitative estimate of drug-likeness (QED) is 0.449. The van der Waals surface area contributed by atoms with Gasteiger partial charge in [-0.05, 0) is 42.8 Å². The van der Waals surface area contributed by atoms with Gasteiger partial charge in [0, 0.05) is 44.7 Å². The van der Waals surface area contributed by atoms with E-state index < -0.39 is 11.5 Å². The van der Waals surface area contributed by atoms with Crippen LogP contribution < -0.4 is 5.32 Å². The Labute approximate surface area is 195 Å². The van der Waals surface area contributed by atoms with E-state index in [1.807, 2.05) is 31.2 Å². The molecule has 0 radical (unpaired) electrons. The SMILES string of the molecule is CC(Nc1nccc(-c2cccc(-c3cc([C@]4(O)CCN(C)C4=O)on3)n2)n1)c1ccncc1. The van der Waals surface area contributed by atoms with Crippen LogP contribution in [-0.2, 0) is 10.4 Å². The van der Waals surface area contributed by atoms with Crippen molar-refractivity contribution in [3.63, 3.8) is 0 Å². The number of likely N-dealkylation sites (N-methyl/N-ethyl adjacent to an activating group) is 1. The van der Waals surface area contributed by atoms with Gasteiger partial charge in [-0.25, -0.2) is 15.0 Å². The van der Waals surface area contributed by atoms with E-state index in [4.69, 9.17) is 4.52 Å². The Hall–Kier alpha value is -4.18. The summed E-state index contributed by atoms with van der Waals surface area (Å²) in [5, 5.41) is 18.1. The van der Waals surface area contributed by atoms with Crippen molar-refractivity contribution in [1.82, 2.24) is 30.0 Å². The third-order valence-corrected chi connectivity index (χ3v) is 5.91. The first-order valence-electron chi connectivity index (χ1n) is 10.9. The van der Waals surface area contributed by atoms with Crippen molar-refractivity contribution < 1.29 is 14.4 Å². The molecule has 4 aromatic heterocycles. The second kappa shape index (κ2) is 8.64. The van der Waals surface area contributed by atoms with Crippen LogP contribution in [0.15, 0.2) is 65.6 Å². The number of rotatable bonds is 6. The topological polar surface area (TPSA) is 130 Å². The van der Waals surface area contributed by atoms with Gasteiger partial charge in [-0.1, -0.05) is 11.2 Å². The third kappa shape index (κ3) is 3.99. The molecule has 1 aliphatic heterocycles. The zero-order chi connectivity index (χ0) is 23.7. The summed E-state index contributed by atoms with van der Waals surface area (Å²) in [6.45, 7) is 2.47. The minimum atomic E-state index is -1.70. The molecule has 0 aliphatic carbocycles. The molecule has 0 saturated carbocycles. The van der Waals surface area contributed by atoms with Gasteiger partial charge in [0.2, 0.25) is 11.5 Å². The Balaban J connectivity index is 1.39. The highest BCUT2D eigenvalue weighted by Crippen LogP contribution is 2.34. The zero-order valence-corrected chi connectivity index (χ0v) is 18.7. The predicted molar refractivity (Wildman–Crippen MR) is 123 cm³/mol. The van der Waals surface area contributed by atoms with Crippen LogP contribution in [0.25, 0.3) is 22.8 Å². The van der Waals surface area contributed by atoms with Crippen LogP contribution >= 0.6 is 0 Å². The van der Waals surface area contributed by atoms with Crippen molar-refractivity contribution >= 4 is 11.9 Å². The van der Waals surface area contributed by atoms with Crippen LogP contribution in [0.1, 0.15) is 30.7 Å². The number of anilines is 1. The molecule has 0 spiro atoms. The molecular weight excluding hydrogens is 434 g/mol. The minimum absolute atomic E-state index is 0.00533. The third-order valence-electron chi connectivity index (χ3n) is 5.91. The van der Waals surface area contributed by atoms with Crippen LogP contribution in [0.2, 0.25) is 0 Å². The largest absolute Gasteiger partial charge is 0.373 e. The van der Waals surface area contributed by atoms with E-state index in [0.717, 1.165) is 5.56 Å². The lowest BCUT2D eigenvalue weighted by Gasteiger charge is -2.16. The van der Waals surface area contributed by atoms with Crippen LogP contribution in [0, 0.1) is 0 Å². The van der Waals surface area contributed by atoms with E-state index in [2.05, 4.69) is 30.4 Å². The van der Waals surface area contributed by atoms with Crippen molar-refractivity contribution in [2.75, 3.05) is 18.9 Å². The molecule has 4 aromatic rings. The van der Waals surface area contributed by atoms with Gasteiger partial charge in [0.15, 0.2) is 5.76 Å². The number of hydrogen-bond acceptors (Lipinski definition) is 9. The molecule has 0 aromatic carbocycles. The van der Waals surface area contributed by atoms with Gasteiger partial charge in [-0.15, -0.1) is 0 Å². The van der Waals surface area contributed by atoms with Crippen molar-refractivity contribution in [2.24, 2.45) is 0 Å². The molecule has 5 rings (SSSR count). The number of likely N-dealkylation sites (tertiary alicyclic amines) is 1. The highest BCUT2D eigenvalue weighted by Gasteiger charge is 2.48. The number of carbonyl (C=O) groups excluding carboxylic acids is 1. The standard InChI is InChI=1S/C24H23N7O3/c1-15(16-6-10-25-11-7-16)27-23-26-12-8-19(29-23)17-4-3-5-18(28-17)20-14-21(34-30-20)24(33)9-13-31(2)22(24)32/h3-8,10-12,14-15,33H,9,13H2,1-2H3,(H,26,27,29)/t15?,24-/m1/s1. The Bertz CT molecular complexity index is 1330. The highest BCUT2D eigenvalue weighted by atomic mass is 16.5. The summed E-state index contributed by atoms with van der Waals surface area (Å²) >= 11 is 0. The average Bonchev–Trinajstić information content (AvgIpc) is 3.47. The summed E-state index contributed by atoms with van der Waals surface area (Å²) in [5.74, 6) is 0.186. The number of aliphatic hydroxyl groups is 1. The van der Waals surface area contributed by atoms with Gasteiger partial charge < -0.3 is 19.8 Å². The van der Waals surface area contributed by atoms with Crippen LogP contribution in [0.4, 0.5) is 5.95 Å². The number of aromatic nitrogens is 5. The summed E-state index contributed by atoms with van der Waals surface area (Å²) in [6, 6.07) is 12.7. The maximum absolute atomic E-state index is 12.4. The molecule has 1 aliphatic rings. The molecule has 10 nitrogen and oxygen atoms in total. The Morgan fingerprint density at radius 1 is 1.06 bits per heavy atom. The molecule has 5 heterocycles. The fourth-order valence-corrected chi connectivity index (χ4v) is 3.89. The molecule has 172 valence electrons. The van der Waals surface area contributed by atoms with E-state index >= 15 is 0 Å². The van der Waals surface area contributed by atoms with E-state index in [9.17, 15) is 9.90 Å². The summed E-state index contributed by atoms with van der Waals surface area (Å²) in [5.41, 5.74) is 1.59. The molecule has 2 N–H and O–H groups in total. The lowest BCUT2D eigenvalue weighted by molar-refractivity contribution is -0.144. The molecule has 1 fully saturated rings. The van der Waals surface area contributed by atoms with Gasteiger partial charge in [0.1, 0.15) is 5.69 Å². The summed E-state index contributed by atoms with van der Waals surface area (Å²) < 4.78 is 5.35. The van der Waals surface area contributed by atoms with E-state index in [1.165, 1.54) is 4.90 Å². The number of carbonyl (C=O) groups is 1. The Morgan fingerprint density at radius 2 is 1.79 bits per heavy atom. The fraction of sp³-hybridized carbons (Fsp3) is 0.250. The second-order valence-electron chi connectivity index (χ2n) is 8.23. The maximum atomic E-state index is 12.4. The molecule has 2 atom stereocenters. The monoisotopic (exact) mass is 457 g/mol. The van der Waals surface area contributed by atoms with Crippen molar-refractivity contribution in [1.29, 1.82) is 0 Å². The van der Waals surface area contributed by atoms with Gasteiger partial charge in [-0.3, -0.25) is 9.78 Å². The molecule has 10 heteroatoms. The average molecular weight is 457 g/mol. The second-order valence-corrected chi connectivity index (χ2v) is 8.23. The first kappa shape index (κ1) is 21.7. The fourth-order valence-electron chi connectivity index (χ4n) is 3.89. The smallest absolute Gasteiger partial charge is 0.262 e. The minimum Gasteiger partial charge on any atom is -0.373 e. The van der Waals surface area contributed by atoms with E-state index in [1.54, 1.807) is 43.8 Å². The lowest BCUT2D eigenvalue weighted by Crippen LogP contribution is -2.35. The van der Waals surface area contributed by atoms with Crippen molar-refractivity contribution in [2.45, 2.75) is 25.0 Å². The normalized spacial score (nSPS) is 18.8. The van der Waals surface area contributed by atoms with Gasteiger partial charge in [-0.2, -0.15) is 0 Å². The number of amides is 1. The molecule has 34 heavy (non-hydrogen) atoms. The molecule has 1 unspecified atom stereocenters. The van der Waals surface area contributed by atoms with Gasteiger partial charge >= 0.3 is 0 Å². The highest BCUT2D eigenvalue weighted by molar-refractivity contribution is 5.87. The molecular formula is C24H23N7O3. The van der Waals surface area contributed by atoms with Crippen LogP contribution in [0.5, 0.6) is 0 Å². The first-order valence-corrected chi connectivity index (χ1v) is 10.9. The van der Waals surface area contributed by atoms with E-state index in [0.29, 0.717) is 35.3 Å². The number of nitrogens with one attached hydrogen (secondary N) is 1. The van der Waals surface area contributed by atoms with Crippen LogP contribution in [0.3, 0.4) is 0 Å². The Kier molecular flexibility index (Phi) is 5.50. The van der Waals surface area contributed by atoms with Crippen LogP contribution in [-0.4, -0.2) is 54.6 Å². The summed E-state index contributed by atoms with van der Waals surface area (Å²) in [4.78, 5) is 31.5. The van der Waals surface area contributed by atoms with Gasteiger partial charge in [0.05, 0.1) is 23.1 Å². The molecule has 1 saturated heterocycles. The lowest BCUT2D eigenvalue weighted by atomic mass is 9.98. The van der Waals surface area contributed by atoms with Crippen molar-refractivity contribution in [3.8, 4) is 22.8 Å². The summed E-state index contributed by atoms with van der Waals surface area (Å²) in [6.07, 6.45) is 5.41. The Morgan fingerprint density at radius 3 is 2.53 bits per heavy atom. The number of hydrogen-bond donors (Lipinski definition) is 2. The number of nitrogens with zero attached hydrogens (tertiary/aromatic N) is 6. The first-order chi connectivity index (χ1) is 16.4.